The zero-order valence-electron chi connectivity index (χ0n) is 12.8. The minimum Gasteiger partial charge on any atom is -0.402 e. The van der Waals surface area contributed by atoms with Crippen LogP contribution >= 0.6 is 0 Å². The number of halogens is 2. The number of carbonyl (C=O) groups is 1. The third-order valence-corrected chi connectivity index (χ3v) is 3.76. The van der Waals surface area contributed by atoms with Crippen LogP contribution in [0.1, 0.15) is 22.5 Å². The van der Waals surface area contributed by atoms with Crippen molar-refractivity contribution in [1.29, 1.82) is 5.26 Å². The Morgan fingerprint density at radius 3 is 2.71 bits per heavy atom. The number of ether oxygens (including phenoxy) is 1. The third kappa shape index (κ3) is 2.58. The van der Waals surface area contributed by atoms with Crippen LogP contribution < -0.4 is 0 Å². The molecule has 0 unspecified atom stereocenters. The number of nitriles is 1. The van der Waals surface area contributed by atoms with Crippen molar-refractivity contribution in [2.45, 2.75) is 6.92 Å². The van der Waals surface area contributed by atoms with Crippen molar-refractivity contribution in [2.75, 3.05) is 0 Å². The Morgan fingerprint density at radius 2 is 2.08 bits per heavy atom. The summed E-state index contributed by atoms with van der Waals surface area (Å²) >= 11 is 0. The molecule has 2 heterocycles. The highest BCUT2D eigenvalue weighted by Crippen LogP contribution is 2.23. The van der Waals surface area contributed by atoms with Gasteiger partial charge in [-0.3, -0.25) is 0 Å². The van der Waals surface area contributed by atoms with Crippen molar-refractivity contribution in [2.24, 2.45) is 12.0 Å². The molecule has 0 fully saturated rings. The number of carbonyl (C=O) groups excluding carboxylic acids is 1. The van der Waals surface area contributed by atoms with Crippen molar-refractivity contribution >= 4 is 17.9 Å². The van der Waals surface area contributed by atoms with E-state index in [0.29, 0.717) is 17.3 Å². The van der Waals surface area contributed by atoms with E-state index in [4.69, 9.17) is 10.00 Å². The Morgan fingerprint density at radius 1 is 1.33 bits per heavy atom. The van der Waals surface area contributed by atoms with Gasteiger partial charge in [0, 0.05) is 18.8 Å². The van der Waals surface area contributed by atoms with Crippen LogP contribution in [-0.4, -0.2) is 16.4 Å². The van der Waals surface area contributed by atoms with E-state index in [1.165, 1.54) is 6.08 Å². The maximum atomic E-state index is 13.8. The maximum Gasteiger partial charge on any atom is 0.363 e. The summed E-state index contributed by atoms with van der Waals surface area (Å²) in [5.74, 6) is -2.57. The fraction of sp³-hybridized carbons (Fsp3) is 0.118. The van der Waals surface area contributed by atoms with Crippen molar-refractivity contribution in [3.63, 3.8) is 0 Å². The van der Waals surface area contributed by atoms with Gasteiger partial charge in [0.25, 0.3) is 0 Å². The van der Waals surface area contributed by atoms with Gasteiger partial charge in [0.1, 0.15) is 23.4 Å². The number of esters is 1. The standard InChI is InChI=1S/C17H11F2N3O2/c1-9-10(5-12(8-20)22(9)2)6-15-17(23)24-16(21-15)13-4-3-11(18)7-14(13)19/h3-7H,1-2H3/b15-6+. The quantitative estimate of drug-likeness (QED) is 0.629. The summed E-state index contributed by atoms with van der Waals surface area (Å²) in [6.45, 7) is 1.79. The van der Waals surface area contributed by atoms with E-state index in [2.05, 4.69) is 4.99 Å². The molecular formula is C17H11F2N3O2. The molecule has 1 aliphatic rings. The fourth-order valence-corrected chi connectivity index (χ4v) is 2.31. The number of nitrogens with zero attached hydrogens (tertiary/aromatic N) is 3. The second kappa shape index (κ2) is 5.74. The molecule has 2 aromatic rings. The highest BCUT2D eigenvalue weighted by molar-refractivity contribution is 6.13. The van der Waals surface area contributed by atoms with Gasteiger partial charge in [-0.25, -0.2) is 18.6 Å². The van der Waals surface area contributed by atoms with Crippen LogP contribution in [0.15, 0.2) is 35.0 Å². The van der Waals surface area contributed by atoms with Crippen LogP contribution in [0, 0.1) is 29.9 Å². The predicted molar refractivity (Wildman–Crippen MR) is 81.8 cm³/mol. The monoisotopic (exact) mass is 327 g/mol. The zero-order valence-corrected chi connectivity index (χ0v) is 12.8. The Labute approximate surface area is 136 Å². The molecule has 0 atom stereocenters. The van der Waals surface area contributed by atoms with Crippen molar-refractivity contribution < 1.29 is 18.3 Å². The van der Waals surface area contributed by atoms with Gasteiger partial charge in [-0.05, 0) is 36.8 Å². The first-order valence-electron chi connectivity index (χ1n) is 6.95. The molecule has 0 N–H and O–H groups in total. The first-order valence-corrected chi connectivity index (χ1v) is 6.95. The van der Waals surface area contributed by atoms with Crippen molar-refractivity contribution in [1.82, 2.24) is 4.57 Å². The van der Waals surface area contributed by atoms with Gasteiger partial charge < -0.3 is 9.30 Å². The highest BCUT2D eigenvalue weighted by Gasteiger charge is 2.26. The Bertz CT molecular complexity index is 965. The Hall–Kier alpha value is -3.27. The topological polar surface area (TPSA) is 67.4 Å². The molecule has 0 radical (unpaired) electrons. The predicted octanol–water partition coefficient (Wildman–Crippen LogP) is 2.83. The average molecular weight is 327 g/mol. The molecule has 0 bridgehead atoms. The largest absolute Gasteiger partial charge is 0.402 e. The van der Waals surface area contributed by atoms with Crippen molar-refractivity contribution in [3.05, 3.63) is 64.1 Å². The summed E-state index contributed by atoms with van der Waals surface area (Å²) in [7, 11) is 1.73. The van der Waals surface area contributed by atoms with Crippen LogP contribution in [0.25, 0.3) is 6.08 Å². The molecule has 0 saturated carbocycles. The van der Waals surface area contributed by atoms with E-state index in [9.17, 15) is 13.6 Å². The normalized spacial score (nSPS) is 15.4. The van der Waals surface area contributed by atoms with Gasteiger partial charge in [-0.1, -0.05) is 0 Å². The molecule has 24 heavy (non-hydrogen) atoms. The number of rotatable bonds is 2. The minimum atomic E-state index is -0.870. The first kappa shape index (κ1) is 15.6. The lowest BCUT2D eigenvalue weighted by atomic mass is 10.2. The van der Waals surface area contributed by atoms with E-state index >= 15 is 0 Å². The SMILES string of the molecule is Cc1c(/C=C2/N=C(c3ccc(F)cc3F)OC2=O)cc(C#N)n1C. The van der Waals surface area contributed by atoms with E-state index < -0.39 is 17.6 Å². The maximum absolute atomic E-state index is 13.8. The van der Waals surface area contributed by atoms with Crippen LogP contribution in [0.2, 0.25) is 0 Å². The molecule has 1 aromatic carbocycles. The number of benzene rings is 1. The summed E-state index contributed by atoms with van der Waals surface area (Å²) in [6, 6.07) is 6.54. The molecule has 0 amide bonds. The molecule has 7 heteroatoms. The molecule has 0 spiro atoms. The lowest BCUT2D eigenvalue weighted by Crippen LogP contribution is -2.07. The molecule has 0 saturated heterocycles. The number of aromatic nitrogens is 1. The molecule has 1 aliphatic heterocycles. The summed E-state index contributed by atoms with van der Waals surface area (Å²) in [5, 5.41) is 9.03. The van der Waals surface area contributed by atoms with Gasteiger partial charge >= 0.3 is 5.97 Å². The van der Waals surface area contributed by atoms with Crippen LogP contribution in [0.3, 0.4) is 0 Å². The van der Waals surface area contributed by atoms with Gasteiger partial charge in [-0.15, -0.1) is 0 Å². The second-order valence-corrected chi connectivity index (χ2v) is 5.20. The lowest BCUT2D eigenvalue weighted by molar-refractivity contribution is -0.129. The molecular weight excluding hydrogens is 316 g/mol. The Kier molecular flexibility index (Phi) is 3.73. The summed E-state index contributed by atoms with van der Waals surface area (Å²) in [5.41, 5.74) is 1.70. The number of aliphatic imine (C=N–C) groups is 1. The fourth-order valence-electron chi connectivity index (χ4n) is 2.31. The number of cyclic esters (lactones) is 1. The van der Waals surface area contributed by atoms with E-state index in [1.54, 1.807) is 24.6 Å². The summed E-state index contributed by atoms with van der Waals surface area (Å²) in [6.07, 6.45) is 1.47. The lowest BCUT2D eigenvalue weighted by Gasteiger charge is -2.00. The Balaban J connectivity index is 2.02. The molecule has 3 rings (SSSR count). The van der Waals surface area contributed by atoms with E-state index in [1.807, 2.05) is 6.07 Å². The van der Waals surface area contributed by atoms with Gasteiger partial charge in [0.2, 0.25) is 5.90 Å². The van der Waals surface area contributed by atoms with Gasteiger partial charge in [0.15, 0.2) is 5.70 Å². The smallest absolute Gasteiger partial charge is 0.363 e. The van der Waals surface area contributed by atoms with E-state index in [0.717, 1.165) is 17.8 Å². The van der Waals surface area contributed by atoms with E-state index in [-0.39, 0.29) is 17.2 Å². The van der Waals surface area contributed by atoms with Gasteiger partial charge in [-0.2, -0.15) is 5.26 Å². The minimum absolute atomic E-state index is 0.0214. The number of hydrogen-bond donors (Lipinski definition) is 0. The highest BCUT2D eigenvalue weighted by atomic mass is 19.1. The van der Waals surface area contributed by atoms with Gasteiger partial charge in [0.05, 0.1) is 5.56 Å². The molecule has 120 valence electrons. The average Bonchev–Trinajstić information content (AvgIpc) is 3.02. The van der Waals surface area contributed by atoms with Crippen LogP contribution in [0.5, 0.6) is 0 Å². The molecule has 5 nitrogen and oxygen atoms in total. The van der Waals surface area contributed by atoms with Crippen LogP contribution in [0.4, 0.5) is 8.78 Å². The van der Waals surface area contributed by atoms with Crippen molar-refractivity contribution in [3.8, 4) is 6.07 Å². The number of hydrogen-bond acceptors (Lipinski definition) is 4. The second-order valence-electron chi connectivity index (χ2n) is 5.20. The summed E-state index contributed by atoms with van der Waals surface area (Å²) < 4.78 is 33.4. The molecule has 1 aromatic heterocycles. The summed E-state index contributed by atoms with van der Waals surface area (Å²) in [4.78, 5) is 15.9. The first-order chi connectivity index (χ1) is 11.4. The third-order valence-electron chi connectivity index (χ3n) is 3.76. The molecule has 0 aliphatic carbocycles. The zero-order chi connectivity index (χ0) is 17.4. The van der Waals surface area contributed by atoms with Crippen LogP contribution in [-0.2, 0) is 16.6 Å².